The lowest BCUT2D eigenvalue weighted by molar-refractivity contribution is 0.414. The van der Waals surface area contributed by atoms with Gasteiger partial charge in [0.1, 0.15) is 5.75 Å². The first-order chi connectivity index (χ1) is 13.3. The molecule has 0 radical (unpaired) electrons. The number of piperidine rings is 1. The van der Waals surface area contributed by atoms with Crippen LogP contribution in [0.25, 0.3) is 0 Å². The molecule has 1 saturated heterocycles. The van der Waals surface area contributed by atoms with E-state index in [0.29, 0.717) is 18.3 Å². The minimum absolute atomic E-state index is 0. The minimum atomic E-state index is -0.881. The van der Waals surface area contributed by atoms with E-state index in [-0.39, 0.29) is 28.7 Å². The number of ether oxygens (including phenoxy) is 1. The van der Waals surface area contributed by atoms with Gasteiger partial charge in [-0.1, -0.05) is 6.07 Å². The number of aliphatic imine (C=N–C) groups is 1. The van der Waals surface area contributed by atoms with Crippen LogP contribution in [-0.2, 0) is 10.8 Å². The van der Waals surface area contributed by atoms with E-state index < -0.39 is 10.8 Å². The van der Waals surface area contributed by atoms with Gasteiger partial charge in [-0.2, -0.15) is 0 Å². The Morgan fingerprint density at radius 1 is 1.38 bits per heavy atom. The van der Waals surface area contributed by atoms with Crippen molar-refractivity contribution < 1.29 is 8.95 Å². The van der Waals surface area contributed by atoms with Gasteiger partial charge in [-0.3, -0.25) is 9.20 Å². The van der Waals surface area contributed by atoms with Gasteiger partial charge in [0, 0.05) is 58.7 Å². The molecule has 8 heteroatoms. The Morgan fingerprint density at radius 2 is 2.14 bits per heavy atom. The average molecular weight is 537 g/mol. The molecule has 0 aromatic heterocycles. The van der Waals surface area contributed by atoms with Crippen LogP contribution in [0, 0.1) is 0 Å². The predicted molar refractivity (Wildman–Crippen MR) is 136 cm³/mol. The second kappa shape index (κ2) is 12.6. The topological polar surface area (TPSA) is 66.0 Å². The molecule has 0 saturated carbocycles. The summed E-state index contributed by atoms with van der Waals surface area (Å²) in [6.45, 7) is 11.4. The van der Waals surface area contributed by atoms with E-state index in [2.05, 4.69) is 39.6 Å². The summed E-state index contributed by atoms with van der Waals surface area (Å²) in [5.74, 6) is 2.28. The van der Waals surface area contributed by atoms with Crippen LogP contribution in [0.15, 0.2) is 29.3 Å². The van der Waals surface area contributed by atoms with Crippen molar-refractivity contribution in [1.82, 2.24) is 10.6 Å². The van der Waals surface area contributed by atoms with E-state index >= 15 is 0 Å². The predicted octanol–water partition coefficient (Wildman–Crippen LogP) is 3.38. The fraction of sp³-hybridized carbons (Fsp3) is 0.667. The second-order valence-electron chi connectivity index (χ2n) is 8.05. The van der Waals surface area contributed by atoms with Gasteiger partial charge in [-0.25, -0.2) is 0 Å². The zero-order valence-corrected chi connectivity index (χ0v) is 21.5. The first-order valence-corrected chi connectivity index (χ1v) is 11.5. The Labute approximate surface area is 195 Å². The molecule has 2 rings (SSSR count). The number of benzene rings is 1. The summed E-state index contributed by atoms with van der Waals surface area (Å²) in [5.41, 5.74) is 1.19. The highest BCUT2D eigenvalue weighted by molar-refractivity contribution is 14.0. The second-order valence-corrected chi connectivity index (χ2v) is 10.4. The lowest BCUT2D eigenvalue weighted by Gasteiger charge is -2.35. The average Bonchev–Trinajstić information content (AvgIpc) is 2.67. The van der Waals surface area contributed by atoms with Crippen LogP contribution in [-0.4, -0.2) is 60.0 Å². The van der Waals surface area contributed by atoms with Gasteiger partial charge in [-0.15, -0.1) is 24.0 Å². The third kappa shape index (κ3) is 8.70. The Bertz CT molecular complexity index is 679. The molecule has 1 heterocycles. The fourth-order valence-electron chi connectivity index (χ4n) is 3.20. The molecule has 0 aliphatic carbocycles. The molecule has 0 amide bonds. The van der Waals surface area contributed by atoms with Gasteiger partial charge in [0.05, 0.1) is 13.7 Å². The highest BCUT2D eigenvalue weighted by atomic mass is 127. The number of halogens is 1. The molecule has 1 aromatic carbocycles. The van der Waals surface area contributed by atoms with Crippen molar-refractivity contribution in [1.29, 1.82) is 0 Å². The van der Waals surface area contributed by atoms with Crippen LogP contribution in [0.2, 0.25) is 0 Å². The number of hydrogen-bond donors (Lipinski definition) is 2. The Morgan fingerprint density at radius 3 is 2.79 bits per heavy atom. The Balaban J connectivity index is 0.00000420. The normalized spacial score (nSPS) is 18.6. The molecule has 1 aromatic rings. The number of rotatable bonds is 7. The molecule has 2 atom stereocenters. The maximum atomic E-state index is 12.2. The maximum Gasteiger partial charge on any atom is 0.191 e. The van der Waals surface area contributed by atoms with Crippen molar-refractivity contribution in [2.45, 2.75) is 51.3 Å². The van der Waals surface area contributed by atoms with E-state index in [1.54, 1.807) is 7.11 Å². The molecular formula is C21H37IN4O2S. The smallest absolute Gasteiger partial charge is 0.191 e. The van der Waals surface area contributed by atoms with Gasteiger partial charge < -0.3 is 20.3 Å². The molecule has 1 aliphatic rings. The van der Waals surface area contributed by atoms with Crippen molar-refractivity contribution in [2.75, 3.05) is 43.9 Å². The summed E-state index contributed by atoms with van der Waals surface area (Å²) in [6, 6.07) is 8.55. The van der Waals surface area contributed by atoms with Gasteiger partial charge >= 0.3 is 0 Å². The van der Waals surface area contributed by atoms with Crippen molar-refractivity contribution >= 4 is 46.4 Å². The molecule has 166 valence electrons. The zero-order valence-electron chi connectivity index (χ0n) is 18.4. The highest BCUT2D eigenvalue weighted by Gasteiger charge is 2.22. The lowest BCUT2D eigenvalue weighted by atomic mass is 10.0. The van der Waals surface area contributed by atoms with Crippen molar-refractivity contribution in [3.8, 4) is 5.75 Å². The summed E-state index contributed by atoms with van der Waals surface area (Å²) in [7, 11) is 0.819. The van der Waals surface area contributed by atoms with Crippen molar-refractivity contribution in [3.63, 3.8) is 0 Å². The van der Waals surface area contributed by atoms with Crippen LogP contribution in [0.1, 0.15) is 40.5 Å². The summed E-state index contributed by atoms with van der Waals surface area (Å²) in [6.07, 6.45) is 2.24. The third-order valence-electron chi connectivity index (χ3n) is 4.75. The number of hydrogen-bond acceptors (Lipinski definition) is 4. The van der Waals surface area contributed by atoms with Crippen LogP contribution >= 0.6 is 24.0 Å². The number of nitrogens with zero attached hydrogens (tertiary/aromatic N) is 2. The molecule has 29 heavy (non-hydrogen) atoms. The standard InChI is InChI=1S/C21H36N4O2S.HI/c1-6-22-20(23-12-14-28(26)21(2,3)4)24-17-9-8-13-25(16-17)18-10-7-11-19(15-18)27-5;/h7,10-11,15,17H,6,8-9,12-14,16H2,1-5H3,(H2,22,23,24);1H. The SMILES string of the molecule is CCNC(=NCCS(=O)C(C)(C)C)NC1CCCN(c2cccc(OC)c2)C1.I. The first-order valence-electron chi connectivity index (χ1n) is 10.2. The molecule has 1 fully saturated rings. The number of nitrogens with one attached hydrogen (secondary N) is 2. The number of guanidine groups is 1. The third-order valence-corrected chi connectivity index (χ3v) is 6.67. The van der Waals surface area contributed by atoms with E-state index in [1.165, 1.54) is 5.69 Å². The lowest BCUT2D eigenvalue weighted by Crippen LogP contribution is -2.51. The number of anilines is 1. The van der Waals surface area contributed by atoms with Gasteiger partial charge in [-0.05, 0) is 52.7 Å². The fourth-order valence-corrected chi connectivity index (χ4v) is 4.07. The number of methoxy groups -OCH3 is 1. The minimum Gasteiger partial charge on any atom is -0.497 e. The van der Waals surface area contributed by atoms with Crippen LogP contribution < -0.4 is 20.3 Å². The van der Waals surface area contributed by atoms with Gasteiger partial charge in [0.15, 0.2) is 5.96 Å². The van der Waals surface area contributed by atoms with Crippen LogP contribution in [0.4, 0.5) is 5.69 Å². The molecule has 0 bridgehead atoms. The Hall–Kier alpha value is -1.03. The molecular weight excluding hydrogens is 499 g/mol. The van der Waals surface area contributed by atoms with E-state index in [0.717, 1.165) is 44.2 Å². The summed E-state index contributed by atoms with van der Waals surface area (Å²) >= 11 is 0. The molecule has 2 N–H and O–H groups in total. The Kier molecular flexibility index (Phi) is 11.3. The maximum absolute atomic E-state index is 12.2. The molecule has 0 spiro atoms. The summed E-state index contributed by atoms with van der Waals surface area (Å²) in [5, 5.41) is 6.88. The van der Waals surface area contributed by atoms with Gasteiger partial charge in [0.2, 0.25) is 0 Å². The molecule has 2 unspecified atom stereocenters. The van der Waals surface area contributed by atoms with Crippen molar-refractivity contribution in [3.05, 3.63) is 24.3 Å². The van der Waals surface area contributed by atoms with Crippen LogP contribution in [0.3, 0.4) is 0 Å². The van der Waals surface area contributed by atoms with E-state index in [1.807, 2.05) is 32.9 Å². The molecule has 6 nitrogen and oxygen atoms in total. The van der Waals surface area contributed by atoms with Gasteiger partial charge in [0.25, 0.3) is 0 Å². The summed E-state index contributed by atoms with van der Waals surface area (Å²) < 4.78 is 17.4. The van der Waals surface area contributed by atoms with Crippen molar-refractivity contribution in [2.24, 2.45) is 4.99 Å². The molecule has 1 aliphatic heterocycles. The highest BCUT2D eigenvalue weighted by Crippen LogP contribution is 2.24. The van der Waals surface area contributed by atoms with E-state index in [9.17, 15) is 4.21 Å². The quantitative estimate of drug-likeness (QED) is 0.318. The first kappa shape index (κ1) is 26.0. The van der Waals surface area contributed by atoms with E-state index in [4.69, 9.17) is 4.74 Å². The zero-order chi connectivity index (χ0) is 20.6. The largest absolute Gasteiger partial charge is 0.497 e. The van der Waals surface area contributed by atoms with Crippen LogP contribution in [0.5, 0.6) is 5.75 Å². The summed E-state index contributed by atoms with van der Waals surface area (Å²) in [4.78, 5) is 7.04. The monoisotopic (exact) mass is 536 g/mol.